The maximum Gasteiger partial charge on any atom is 0.181 e. The van der Waals surface area contributed by atoms with E-state index in [1.807, 2.05) is 31.2 Å². The molecule has 1 aromatic heterocycles. The van der Waals surface area contributed by atoms with E-state index in [2.05, 4.69) is 4.98 Å². The number of aromatic nitrogens is 1. The van der Waals surface area contributed by atoms with E-state index >= 15 is 0 Å². The lowest BCUT2D eigenvalue weighted by Gasteiger charge is -1.76. The Morgan fingerprint density at radius 3 is 3.00 bits per heavy atom. The molecule has 0 aliphatic carbocycles. The maximum atomic E-state index is 4.95. The van der Waals surface area contributed by atoms with E-state index in [4.69, 9.17) is 4.42 Å². The van der Waals surface area contributed by atoms with Crippen molar-refractivity contribution in [3.63, 3.8) is 0 Å². The van der Waals surface area contributed by atoms with E-state index in [-0.39, 0.29) is 0 Å². The third-order valence-electron chi connectivity index (χ3n) is 1.02. The van der Waals surface area contributed by atoms with Gasteiger partial charge in [0.05, 0.1) is 6.20 Å². The lowest BCUT2D eigenvalue weighted by molar-refractivity contribution is 0.548. The zero-order chi connectivity index (χ0) is 7.23. The van der Waals surface area contributed by atoms with Crippen LogP contribution in [0.1, 0.15) is 12.7 Å². The number of hydrogen-bond donors (Lipinski definition) is 0. The van der Waals surface area contributed by atoms with Crippen LogP contribution >= 0.6 is 0 Å². The van der Waals surface area contributed by atoms with E-state index in [1.54, 1.807) is 6.20 Å². The number of hydrogen-bond acceptors (Lipinski definition) is 2. The third kappa shape index (κ3) is 1.90. The van der Waals surface area contributed by atoms with Gasteiger partial charge in [-0.05, 0) is 13.0 Å². The minimum Gasteiger partial charge on any atom is -0.444 e. The number of allylic oxidation sites excluding steroid dienone is 3. The van der Waals surface area contributed by atoms with Gasteiger partial charge in [-0.3, -0.25) is 0 Å². The van der Waals surface area contributed by atoms with Gasteiger partial charge in [-0.25, -0.2) is 4.98 Å². The Bertz CT molecular complexity index is 221. The van der Waals surface area contributed by atoms with Gasteiger partial charge >= 0.3 is 0 Å². The minimum atomic E-state index is 0.776. The Morgan fingerprint density at radius 1 is 1.50 bits per heavy atom. The fraction of sp³-hybridized carbons (Fsp3) is 0.125. The topological polar surface area (TPSA) is 26.0 Å². The predicted octanol–water partition coefficient (Wildman–Crippen LogP) is 2.26. The van der Waals surface area contributed by atoms with Crippen molar-refractivity contribution in [3.8, 4) is 0 Å². The molecule has 10 heavy (non-hydrogen) atoms. The second-order valence-electron chi connectivity index (χ2n) is 1.79. The maximum absolute atomic E-state index is 4.95. The van der Waals surface area contributed by atoms with E-state index in [1.165, 1.54) is 6.39 Å². The van der Waals surface area contributed by atoms with E-state index in [0.717, 1.165) is 5.76 Å². The van der Waals surface area contributed by atoms with Crippen LogP contribution in [0.2, 0.25) is 0 Å². The Labute approximate surface area is 59.9 Å². The lowest BCUT2D eigenvalue weighted by atomic mass is 10.4. The van der Waals surface area contributed by atoms with Crippen molar-refractivity contribution in [3.05, 3.63) is 36.6 Å². The summed E-state index contributed by atoms with van der Waals surface area (Å²) >= 11 is 0. The van der Waals surface area contributed by atoms with Gasteiger partial charge in [-0.1, -0.05) is 18.2 Å². The molecule has 2 heteroatoms. The van der Waals surface area contributed by atoms with Gasteiger partial charge in [-0.15, -0.1) is 0 Å². The Hall–Kier alpha value is -1.31. The van der Waals surface area contributed by atoms with Crippen LogP contribution in [0.4, 0.5) is 0 Å². The molecule has 0 aliphatic rings. The highest BCUT2D eigenvalue weighted by Crippen LogP contribution is 1.98. The molecule has 0 fully saturated rings. The first-order valence-corrected chi connectivity index (χ1v) is 3.11. The first-order chi connectivity index (χ1) is 4.93. The molecular formula is C8H9NO. The number of rotatable bonds is 2. The second kappa shape index (κ2) is 3.67. The Balaban J connectivity index is 2.55. The summed E-state index contributed by atoms with van der Waals surface area (Å²) in [5.41, 5.74) is 0. The van der Waals surface area contributed by atoms with Crippen LogP contribution < -0.4 is 0 Å². The number of nitrogens with zero attached hydrogens (tertiary/aromatic N) is 1. The van der Waals surface area contributed by atoms with Gasteiger partial charge in [0.15, 0.2) is 6.39 Å². The van der Waals surface area contributed by atoms with Gasteiger partial charge in [0, 0.05) is 0 Å². The zero-order valence-corrected chi connectivity index (χ0v) is 5.82. The molecule has 0 N–H and O–H groups in total. The van der Waals surface area contributed by atoms with Crippen molar-refractivity contribution < 1.29 is 4.42 Å². The van der Waals surface area contributed by atoms with Crippen LogP contribution in [0, 0.1) is 0 Å². The Morgan fingerprint density at radius 2 is 2.40 bits per heavy atom. The first kappa shape index (κ1) is 6.81. The predicted molar refractivity (Wildman–Crippen MR) is 40.4 cm³/mol. The summed E-state index contributed by atoms with van der Waals surface area (Å²) in [5.74, 6) is 0.776. The first-order valence-electron chi connectivity index (χ1n) is 3.11. The zero-order valence-electron chi connectivity index (χ0n) is 5.82. The quantitative estimate of drug-likeness (QED) is 0.581. The summed E-state index contributed by atoms with van der Waals surface area (Å²) in [4.78, 5) is 3.76. The van der Waals surface area contributed by atoms with Crippen molar-refractivity contribution in [2.24, 2.45) is 0 Å². The highest BCUT2D eigenvalue weighted by molar-refractivity contribution is 5.43. The van der Waals surface area contributed by atoms with Gasteiger partial charge in [0.25, 0.3) is 0 Å². The minimum absolute atomic E-state index is 0.776. The summed E-state index contributed by atoms with van der Waals surface area (Å²) in [6.45, 7) is 1.96. The molecule has 0 spiro atoms. The lowest BCUT2D eigenvalue weighted by Crippen LogP contribution is -1.57. The smallest absolute Gasteiger partial charge is 0.181 e. The van der Waals surface area contributed by atoms with E-state index in [0.29, 0.717) is 0 Å². The SMILES string of the molecule is CC=CC=Cc1cnco1. The van der Waals surface area contributed by atoms with Crippen LogP contribution in [-0.2, 0) is 0 Å². The van der Waals surface area contributed by atoms with Crippen LogP contribution in [0.15, 0.2) is 35.2 Å². The van der Waals surface area contributed by atoms with Crippen molar-refractivity contribution in [1.29, 1.82) is 0 Å². The molecule has 1 heterocycles. The fourth-order valence-electron chi connectivity index (χ4n) is 0.569. The van der Waals surface area contributed by atoms with Crippen molar-refractivity contribution in [2.75, 3.05) is 0 Å². The average Bonchev–Trinajstić information content (AvgIpc) is 2.41. The Kier molecular flexibility index (Phi) is 2.49. The van der Waals surface area contributed by atoms with Crippen LogP contribution in [0.25, 0.3) is 6.08 Å². The molecule has 1 rings (SSSR count). The van der Waals surface area contributed by atoms with Gasteiger partial charge < -0.3 is 4.42 Å². The molecule has 1 aromatic rings. The van der Waals surface area contributed by atoms with Gasteiger partial charge in [-0.2, -0.15) is 0 Å². The largest absolute Gasteiger partial charge is 0.444 e. The molecule has 0 radical (unpaired) electrons. The van der Waals surface area contributed by atoms with E-state index in [9.17, 15) is 0 Å². The van der Waals surface area contributed by atoms with Crippen LogP contribution in [-0.4, -0.2) is 4.98 Å². The van der Waals surface area contributed by atoms with Crippen molar-refractivity contribution >= 4 is 6.08 Å². The molecule has 0 aromatic carbocycles. The number of oxazole rings is 1. The monoisotopic (exact) mass is 135 g/mol. The standard InChI is InChI=1S/C8H9NO/c1-2-3-4-5-8-6-9-7-10-8/h2-7H,1H3. The van der Waals surface area contributed by atoms with Gasteiger partial charge in [0.2, 0.25) is 0 Å². The third-order valence-corrected chi connectivity index (χ3v) is 1.02. The molecule has 0 saturated heterocycles. The van der Waals surface area contributed by atoms with Crippen LogP contribution in [0.5, 0.6) is 0 Å². The van der Waals surface area contributed by atoms with Gasteiger partial charge in [0.1, 0.15) is 5.76 Å². The highest BCUT2D eigenvalue weighted by atomic mass is 16.3. The molecular weight excluding hydrogens is 126 g/mol. The molecule has 0 unspecified atom stereocenters. The molecule has 0 aliphatic heterocycles. The summed E-state index contributed by atoms with van der Waals surface area (Å²) in [6, 6.07) is 0. The highest BCUT2D eigenvalue weighted by Gasteiger charge is 1.84. The summed E-state index contributed by atoms with van der Waals surface area (Å²) < 4.78 is 4.95. The molecule has 0 saturated carbocycles. The normalized spacial score (nSPS) is 11.7. The summed E-state index contributed by atoms with van der Waals surface area (Å²) in [5, 5.41) is 0. The molecule has 0 amide bonds. The van der Waals surface area contributed by atoms with E-state index < -0.39 is 0 Å². The van der Waals surface area contributed by atoms with Crippen LogP contribution in [0.3, 0.4) is 0 Å². The summed E-state index contributed by atoms with van der Waals surface area (Å²) in [7, 11) is 0. The van der Waals surface area contributed by atoms with Crippen molar-refractivity contribution in [2.45, 2.75) is 6.92 Å². The molecule has 0 bridgehead atoms. The fourth-order valence-corrected chi connectivity index (χ4v) is 0.569. The average molecular weight is 135 g/mol. The molecule has 2 nitrogen and oxygen atoms in total. The summed E-state index contributed by atoms with van der Waals surface area (Å²) in [6.07, 6.45) is 10.7. The molecule has 0 atom stereocenters. The van der Waals surface area contributed by atoms with Crippen molar-refractivity contribution in [1.82, 2.24) is 4.98 Å². The molecule has 52 valence electrons. The second-order valence-corrected chi connectivity index (χ2v) is 1.79.